The Kier molecular flexibility index (Phi) is 5.73. The molecule has 1 aliphatic rings. The molecule has 0 radical (unpaired) electrons. The largest absolute Gasteiger partial charge is 0.391 e. The van der Waals surface area contributed by atoms with Crippen molar-refractivity contribution >= 4 is 0 Å². The Morgan fingerprint density at radius 3 is 2.35 bits per heavy atom. The van der Waals surface area contributed by atoms with Gasteiger partial charge in [-0.25, -0.2) is 0 Å². The molecule has 1 atom stereocenters. The van der Waals surface area contributed by atoms with Crippen LogP contribution in [0, 0.1) is 5.92 Å². The Hall–Kier alpha value is -0.290. The first-order valence-corrected chi connectivity index (χ1v) is 6.48. The molecule has 0 aromatic heterocycles. The van der Waals surface area contributed by atoms with Crippen molar-refractivity contribution in [2.24, 2.45) is 11.7 Å². The number of rotatable bonds is 5. The monoisotopic (exact) mass is 252 g/mol. The van der Waals surface area contributed by atoms with Crippen molar-refractivity contribution in [2.75, 3.05) is 19.6 Å². The molecule has 1 rings (SSSR count). The molecule has 5 heteroatoms. The molecule has 0 aromatic rings. The minimum absolute atomic E-state index is 0.109. The molecular formula is C12H23F3N2. The van der Waals surface area contributed by atoms with E-state index in [0.29, 0.717) is 13.1 Å². The first-order chi connectivity index (χ1) is 7.93. The van der Waals surface area contributed by atoms with Crippen LogP contribution in [0.25, 0.3) is 0 Å². The van der Waals surface area contributed by atoms with E-state index in [2.05, 4.69) is 11.8 Å². The number of nitrogens with zero attached hydrogens (tertiary/aromatic N) is 1. The zero-order chi connectivity index (χ0) is 12.9. The quantitative estimate of drug-likeness (QED) is 0.815. The summed E-state index contributed by atoms with van der Waals surface area (Å²) in [5.74, 6) is -1.11. The summed E-state index contributed by atoms with van der Waals surface area (Å²) in [6, 6.07) is 0.109. The molecule has 0 bridgehead atoms. The van der Waals surface area contributed by atoms with Crippen molar-refractivity contribution in [3.63, 3.8) is 0 Å². The van der Waals surface area contributed by atoms with Crippen LogP contribution in [0.15, 0.2) is 0 Å². The van der Waals surface area contributed by atoms with E-state index in [9.17, 15) is 13.2 Å². The number of nitrogens with two attached hydrogens (primary N) is 1. The average Bonchev–Trinajstić information content (AvgIpc) is 2.26. The van der Waals surface area contributed by atoms with Gasteiger partial charge in [0.15, 0.2) is 0 Å². The molecule has 1 fully saturated rings. The predicted octanol–water partition coefficient (Wildman–Crippen LogP) is 2.78. The maximum atomic E-state index is 12.5. The van der Waals surface area contributed by atoms with E-state index in [1.807, 2.05) is 0 Å². The van der Waals surface area contributed by atoms with Gasteiger partial charge in [0, 0.05) is 12.6 Å². The standard InChI is InChI=1S/C12H23F3N2/c1-2-3-4-11(16)9-17-7-5-10(6-8-17)12(13,14)15/h10-11H,2-9,16H2,1H3. The van der Waals surface area contributed by atoms with Gasteiger partial charge in [0.2, 0.25) is 0 Å². The second-order valence-electron chi connectivity index (χ2n) is 5.02. The zero-order valence-corrected chi connectivity index (χ0v) is 10.5. The van der Waals surface area contributed by atoms with Gasteiger partial charge in [0.1, 0.15) is 0 Å². The number of piperidine rings is 1. The summed E-state index contributed by atoms with van der Waals surface area (Å²) in [6.45, 7) is 3.92. The maximum Gasteiger partial charge on any atom is 0.391 e. The normalized spacial score (nSPS) is 21.7. The van der Waals surface area contributed by atoms with Crippen molar-refractivity contribution < 1.29 is 13.2 Å². The molecule has 0 amide bonds. The molecule has 0 aromatic carbocycles. The maximum absolute atomic E-state index is 12.5. The van der Waals surface area contributed by atoms with Gasteiger partial charge in [-0.05, 0) is 32.4 Å². The average molecular weight is 252 g/mol. The summed E-state index contributed by atoms with van der Waals surface area (Å²) in [6.07, 6.45) is -0.385. The molecule has 102 valence electrons. The summed E-state index contributed by atoms with van der Waals surface area (Å²) in [5, 5.41) is 0. The number of halogens is 3. The lowest BCUT2D eigenvalue weighted by atomic mass is 9.96. The topological polar surface area (TPSA) is 29.3 Å². The molecule has 1 aliphatic heterocycles. The number of hydrogen-bond donors (Lipinski definition) is 1. The summed E-state index contributed by atoms with van der Waals surface area (Å²) in [4.78, 5) is 2.07. The number of alkyl halides is 3. The van der Waals surface area contributed by atoms with E-state index in [0.717, 1.165) is 25.8 Å². The third-order valence-electron chi connectivity index (χ3n) is 3.47. The Morgan fingerprint density at radius 2 is 1.88 bits per heavy atom. The summed E-state index contributed by atoms with van der Waals surface area (Å²) in [7, 11) is 0. The van der Waals surface area contributed by atoms with Gasteiger partial charge in [0.05, 0.1) is 5.92 Å². The molecule has 0 spiro atoms. The lowest BCUT2D eigenvalue weighted by Gasteiger charge is -2.34. The van der Waals surface area contributed by atoms with Crippen LogP contribution in [0.3, 0.4) is 0 Å². The van der Waals surface area contributed by atoms with Crippen molar-refractivity contribution in [1.82, 2.24) is 4.90 Å². The molecule has 1 saturated heterocycles. The fourth-order valence-corrected chi connectivity index (χ4v) is 2.33. The fourth-order valence-electron chi connectivity index (χ4n) is 2.33. The third kappa shape index (κ3) is 5.25. The Bertz CT molecular complexity index is 210. The van der Waals surface area contributed by atoms with E-state index in [1.165, 1.54) is 0 Å². The van der Waals surface area contributed by atoms with E-state index >= 15 is 0 Å². The van der Waals surface area contributed by atoms with Crippen LogP contribution in [-0.4, -0.2) is 36.8 Å². The van der Waals surface area contributed by atoms with Gasteiger partial charge in [0.25, 0.3) is 0 Å². The van der Waals surface area contributed by atoms with E-state index < -0.39 is 12.1 Å². The van der Waals surface area contributed by atoms with Crippen LogP contribution in [0.2, 0.25) is 0 Å². The fraction of sp³-hybridized carbons (Fsp3) is 1.00. The summed E-state index contributed by atoms with van der Waals surface area (Å²) in [5.41, 5.74) is 5.95. The Labute approximate surface area is 101 Å². The third-order valence-corrected chi connectivity index (χ3v) is 3.47. The highest BCUT2D eigenvalue weighted by molar-refractivity contribution is 4.79. The van der Waals surface area contributed by atoms with Crippen LogP contribution in [0.4, 0.5) is 13.2 Å². The van der Waals surface area contributed by atoms with Crippen molar-refractivity contribution in [2.45, 2.75) is 51.2 Å². The van der Waals surface area contributed by atoms with E-state index in [1.54, 1.807) is 0 Å². The van der Waals surface area contributed by atoms with Crippen molar-refractivity contribution in [1.29, 1.82) is 0 Å². The van der Waals surface area contributed by atoms with Crippen LogP contribution in [-0.2, 0) is 0 Å². The van der Waals surface area contributed by atoms with Gasteiger partial charge in [-0.3, -0.25) is 0 Å². The van der Waals surface area contributed by atoms with Crippen molar-refractivity contribution in [3.8, 4) is 0 Å². The lowest BCUT2D eigenvalue weighted by Crippen LogP contribution is -2.44. The van der Waals surface area contributed by atoms with Crippen LogP contribution in [0.5, 0.6) is 0 Å². The lowest BCUT2D eigenvalue weighted by molar-refractivity contribution is -0.185. The number of unbranched alkanes of at least 4 members (excludes halogenated alkanes) is 1. The van der Waals surface area contributed by atoms with Gasteiger partial charge in [-0.1, -0.05) is 19.8 Å². The van der Waals surface area contributed by atoms with Crippen LogP contribution < -0.4 is 5.73 Å². The van der Waals surface area contributed by atoms with Crippen molar-refractivity contribution in [3.05, 3.63) is 0 Å². The highest BCUT2D eigenvalue weighted by Gasteiger charge is 2.40. The first-order valence-electron chi connectivity index (χ1n) is 6.48. The van der Waals surface area contributed by atoms with E-state index in [4.69, 9.17) is 5.73 Å². The SMILES string of the molecule is CCCCC(N)CN1CCC(C(F)(F)F)CC1. The summed E-state index contributed by atoms with van der Waals surface area (Å²) >= 11 is 0. The van der Waals surface area contributed by atoms with Gasteiger partial charge < -0.3 is 10.6 Å². The highest BCUT2D eigenvalue weighted by atomic mass is 19.4. The molecule has 1 unspecified atom stereocenters. The number of likely N-dealkylation sites (tertiary alicyclic amines) is 1. The van der Waals surface area contributed by atoms with Gasteiger partial charge >= 0.3 is 6.18 Å². The smallest absolute Gasteiger partial charge is 0.327 e. The minimum Gasteiger partial charge on any atom is -0.327 e. The number of hydrogen-bond acceptors (Lipinski definition) is 2. The van der Waals surface area contributed by atoms with E-state index in [-0.39, 0.29) is 18.9 Å². The van der Waals surface area contributed by atoms with Crippen LogP contribution in [0.1, 0.15) is 39.0 Å². The van der Waals surface area contributed by atoms with Gasteiger partial charge in [-0.15, -0.1) is 0 Å². The predicted molar refractivity (Wildman–Crippen MR) is 62.7 cm³/mol. The Morgan fingerprint density at radius 1 is 1.29 bits per heavy atom. The molecule has 17 heavy (non-hydrogen) atoms. The van der Waals surface area contributed by atoms with Crippen LogP contribution >= 0.6 is 0 Å². The molecule has 2 N–H and O–H groups in total. The van der Waals surface area contributed by atoms with Gasteiger partial charge in [-0.2, -0.15) is 13.2 Å². The second kappa shape index (κ2) is 6.59. The minimum atomic E-state index is -4.02. The molecular weight excluding hydrogens is 229 g/mol. The molecule has 1 heterocycles. The Balaban J connectivity index is 2.23. The molecule has 0 aliphatic carbocycles. The highest BCUT2D eigenvalue weighted by Crippen LogP contribution is 2.34. The molecule has 2 nitrogen and oxygen atoms in total. The second-order valence-corrected chi connectivity index (χ2v) is 5.02. The summed E-state index contributed by atoms with van der Waals surface area (Å²) < 4.78 is 37.4. The molecule has 0 saturated carbocycles. The zero-order valence-electron chi connectivity index (χ0n) is 10.5. The first kappa shape index (κ1) is 14.8.